The third-order valence-corrected chi connectivity index (χ3v) is 4.19. The van der Waals surface area contributed by atoms with Crippen molar-refractivity contribution in [1.82, 2.24) is 4.90 Å². The number of hydrogen-bond acceptors (Lipinski definition) is 4. The van der Waals surface area contributed by atoms with Gasteiger partial charge in [0.1, 0.15) is 23.4 Å². The Balaban J connectivity index is 1.67. The molecule has 21 heavy (non-hydrogen) atoms. The molecule has 112 valence electrons. The van der Waals surface area contributed by atoms with Crippen LogP contribution in [0.5, 0.6) is 5.75 Å². The lowest BCUT2D eigenvalue weighted by Gasteiger charge is -2.35. The molecule has 0 radical (unpaired) electrons. The summed E-state index contributed by atoms with van der Waals surface area (Å²) in [5.41, 5.74) is 6.70. The van der Waals surface area contributed by atoms with Crippen molar-refractivity contribution in [3.05, 3.63) is 29.8 Å². The smallest absolute Gasteiger partial charge is 0.229 e. The summed E-state index contributed by atoms with van der Waals surface area (Å²) < 4.78 is 11.2. The second-order valence-electron chi connectivity index (χ2n) is 5.37. The molecule has 2 atom stereocenters. The van der Waals surface area contributed by atoms with Crippen molar-refractivity contribution >= 4 is 23.1 Å². The lowest BCUT2D eigenvalue weighted by Crippen LogP contribution is -2.52. The number of benzene rings is 1. The summed E-state index contributed by atoms with van der Waals surface area (Å²) in [6, 6.07) is 7.85. The van der Waals surface area contributed by atoms with E-state index in [9.17, 15) is 4.79 Å². The molecule has 0 saturated carbocycles. The molecule has 2 N–H and O–H groups in total. The number of nitrogens with two attached hydrogens (primary N) is 1. The third-order valence-electron chi connectivity index (χ3n) is 3.92. The number of para-hydroxylation sites is 1. The molecule has 0 aromatic heterocycles. The number of amides is 1. The molecule has 1 aromatic carbocycles. The molecule has 1 saturated heterocycles. The highest BCUT2D eigenvalue weighted by atomic mass is 32.1. The van der Waals surface area contributed by atoms with E-state index in [0.717, 1.165) is 11.3 Å². The molecule has 2 aliphatic heterocycles. The minimum Gasteiger partial charge on any atom is -0.492 e. The fraction of sp³-hybridized carbons (Fsp3) is 0.467. The highest BCUT2D eigenvalue weighted by molar-refractivity contribution is 7.80. The van der Waals surface area contributed by atoms with Crippen molar-refractivity contribution in [1.29, 1.82) is 0 Å². The second-order valence-corrected chi connectivity index (χ2v) is 5.84. The first-order valence-corrected chi connectivity index (χ1v) is 7.46. The summed E-state index contributed by atoms with van der Waals surface area (Å²) in [6.07, 6.45) is 0.374. The number of morpholine rings is 1. The molecule has 0 bridgehead atoms. The average molecular weight is 306 g/mol. The predicted molar refractivity (Wildman–Crippen MR) is 82.2 cm³/mol. The van der Waals surface area contributed by atoms with E-state index in [2.05, 4.69) is 0 Å². The summed E-state index contributed by atoms with van der Waals surface area (Å²) >= 11 is 4.95. The van der Waals surface area contributed by atoms with Crippen molar-refractivity contribution in [2.24, 2.45) is 11.7 Å². The minimum absolute atomic E-state index is 0.0917. The average Bonchev–Trinajstić information content (AvgIpc) is 2.53. The lowest BCUT2D eigenvalue weighted by atomic mass is 9.95. The van der Waals surface area contributed by atoms with Gasteiger partial charge in [0.15, 0.2) is 0 Å². The Morgan fingerprint density at radius 3 is 3.00 bits per heavy atom. The van der Waals surface area contributed by atoms with E-state index >= 15 is 0 Å². The molecule has 6 heteroatoms. The Labute approximate surface area is 129 Å². The van der Waals surface area contributed by atoms with Crippen LogP contribution in [0.3, 0.4) is 0 Å². The minimum atomic E-state index is -0.338. The summed E-state index contributed by atoms with van der Waals surface area (Å²) in [5, 5.41) is 0. The Kier molecular flexibility index (Phi) is 4.07. The molecule has 1 amide bonds. The number of carbonyl (C=O) groups is 1. The van der Waals surface area contributed by atoms with Crippen LogP contribution in [0.1, 0.15) is 5.56 Å². The zero-order valence-electron chi connectivity index (χ0n) is 11.7. The molecule has 2 heterocycles. The van der Waals surface area contributed by atoms with Crippen LogP contribution in [-0.2, 0) is 16.0 Å². The van der Waals surface area contributed by atoms with E-state index in [4.69, 9.17) is 27.4 Å². The summed E-state index contributed by atoms with van der Waals surface area (Å²) in [5.74, 6) is 0.823. The van der Waals surface area contributed by atoms with Gasteiger partial charge in [0.2, 0.25) is 5.91 Å². The quantitative estimate of drug-likeness (QED) is 0.817. The monoisotopic (exact) mass is 306 g/mol. The van der Waals surface area contributed by atoms with E-state index in [1.807, 2.05) is 24.3 Å². The van der Waals surface area contributed by atoms with Gasteiger partial charge in [0.25, 0.3) is 0 Å². The number of fused-ring (bicyclic) bond motifs is 1. The van der Waals surface area contributed by atoms with Gasteiger partial charge < -0.3 is 20.1 Å². The van der Waals surface area contributed by atoms with Crippen molar-refractivity contribution in [2.45, 2.75) is 12.5 Å². The number of nitrogens with zero attached hydrogens (tertiary/aromatic N) is 1. The highest BCUT2D eigenvalue weighted by Crippen LogP contribution is 2.28. The van der Waals surface area contributed by atoms with Crippen LogP contribution in [0, 0.1) is 5.92 Å². The van der Waals surface area contributed by atoms with Crippen molar-refractivity contribution in [3.63, 3.8) is 0 Å². The highest BCUT2D eigenvalue weighted by Gasteiger charge is 2.33. The molecule has 0 aliphatic carbocycles. The number of thiocarbonyl (C=S) groups is 1. The topological polar surface area (TPSA) is 64.8 Å². The Morgan fingerprint density at radius 1 is 1.38 bits per heavy atom. The molecule has 2 unspecified atom stereocenters. The SMILES string of the molecule is NC(=S)C1CN(C(=O)C2COc3ccccc3C2)CCO1. The van der Waals surface area contributed by atoms with E-state index in [1.54, 1.807) is 4.90 Å². The first-order valence-electron chi connectivity index (χ1n) is 7.05. The van der Waals surface area contributed by atoms with Crippen LogP contribution in [0.15, 0.2) is 24.3 Å². The molecular formula is C15H18N2O3S. The molecule has 2 aliphatic rings. The van der Waals surface area contributed by atoms with E-state index < -0.39 is 0 Å². The summed E-state index contributed by atoms with van der Waals surface area (Å²) in [4.78, 5) is 14.7. The summed E-state index contributed by atoms with van der Waals surface area (Å²) in [7, 11) is 0. The van der Waals surface area contributed by atoms with E-state index in [-0.39, 0.29) is 17.9 Å². The number of carbonyl (C=O) groups excluding carboxylic acids is 1. The number of ether oxygens (including phenoxy) is 2. The fourth-order valence-electron chi connectivity index (χ4n) is 2.77. The molecule has 5 nitrogen and oxygen atoms in total. The van der Waals surface area contributed by atoms with Crippen LogP contribution in [-0.4, -0.2) is 48.2 Å². The maximum Gasteiger partial charge on any atom is 0.229 e. The Bertz CT molecular complexity index is 564. The standard InChI is InChI=1S/C15H18N2O3S/c16-14(21)13-8-17(5-6-19-13)15(18)11-7-10-3-1-2-4-12(10)20-9-11/h1-4,11,13H,5-9H2,(H2,16,21). The number of hydrogen-bond donors (Lipinski definition) is 1. The van der Waals surface area contributed by atoms with Crippen LogP contribution >= 0.6 is 12.2 Å². The first-order chi connectivity index (χ1) is 10.1. The largest absolute Gasteiger partial charge is 0.492 e. The Hall–Kier alpha value is -1.66. The van der Waals surface area contributed by atoms with Gasteiger partial charge in [-0.3, -0.25) is 4.79 Å². The maximum absolute atomic E-state index is 12.6. The van der Waals surface area contributed by atoms with Crippen LogP contribution in [0.2, 0.25) is 0 Å². The summed E-state index contributed by atoms with van der Waals surface area (Å²) in [6.45, 7) is 1.91. The van der Waals surface area contributed by atoms with E-state index in [0.29, 0.717) is 37.7 Å². The molecule has 1 fully saturated rings. The number of rotatable bonds is 2. The first kappa shape index (κ1) is 14.3. The zero-order chi connectivity index (χ0) is 14.8. The lowest BCUT2D eigenvalue weighted by molar-refractivity contribution is -0.142. The second kappa shape index (κ2) is 5.99. The molecule has 1 aromatic rings. The van der Waals surface area contributed by atoms with Gasteiger partial charge in [-0.25, -0.2) is 0 Å². The van der Waals surface area contributed by atoms with Gasteiger partial charge >= 0.3 is 0 Å². The van der Waals surface area contributed by atoms with Crippen LogP contribution in [0.25, 0.3) is 0 Å². The molecular weight excluding hydrogens is 288 g/mol. The fourth-order valence-corrected chi connectivity index (χ4v) is 2.91. The molecule has 0 spiro atoms. The zero-order valence-corrected chi connectivity index (χ0v) is 12.5. The van der Waals surface area contributed by atoms with Crippen LogP contribution < -0.4 is 10.5 Å². The van der Waals surface area contributed by atoms with Gasteiger partial charge in [0, 0.05) is 6.54 Å². The third kappa shape index (κ3) is 3.01. The Morgan fingerprint density at radius 2 is 2.19 bits per heavy atom. The van der Waals surface area contributed by atoms with Crippen LogP contribution in [0.4, 0.5) is 0 Å². The normalized spacial score (nSPS) is 24.9. The van der Waals surface area contributed by atoms with Gasteiger partial charge in [-0.15, -0.1) is 0 Å². The van der Waals surface area contributed by atoms with Crippen molar-refractivity contribution in [2.75, 3.05) is 26.3 Å². The van der Waals surface area contributed by atoms with Gasteiger partial charge in [-0.2, -0.15) is 0 Å². The van der Waals surface area contributed by atoms with Crippen molar-refractivity contribution < 1.29 is 14.3 Å². The van der Waals surface area contributed by atoms with Crippen molar-refractivity contribution in [3.8, 4) is 5.75 Å². The predicted octanol–water partition coefficient (Wildman–Crippen LogP) is 0.751. The van der Waals surface area contributed by atoms with Gasteiger partial charge in [-0.05, 0) is 18.1 Å². The maximum atomic E-state index is 12.6. The van der Waals surface area contributed by atoms with Gasteiger partial charge in [0.05, 0.1) is 19.1 Å². The van der Waals surface area contributed by atoms with Gasteiger partial charge in [-0.1, -0.05) is 30.4 Å². The molecule has 3 rings (SSSR count). The van der Waals surface area contributed by atoms with E-state index in [1.165, 1.54) is 0 Å².